The van der Waals surface area contributed by atoms with E-state index in [2.05, 4.69) is 32.5 Å². The van der Waals surface area contributed by atoms with Crippen molar-refractivity contribution in [3.05, 3.63) is 47.7 Å². The molecule has 1 saturated heterocycles. The van der Waals surface area contributed by atoms with Gasteiger partial charge in [-0.2, -0.15) is 4.68 Å². The van der Waals surface area contributed by atoms with E-state index in [1.54, 1.807) is 12.3 Å². The molecule has 4 rings (SSSR count). The van der Waals surface area contributed by atoms with Crippen molar-refractivity contribution in [2.75, 3.05) is 25.5 Å². The quantitative estimate of drug-likeness (QED) is 0.0441. The van der Waals surface area contributed by atoms with Gasteiger partial charge < -0.3 is 30.9 Å². The average molecular weight is 576 g/mol. The van der Waals surface area contributed by atoms with Gasteiger partial charge in [-0.05, 0) is 37.6 Å². The number of anilines is 1. The molecule has 3 heterocycles. The number of carbonyl (C=O) groups excluding carboxylic acids is 2. The number of nitrogens with one attached hydrogen (secondary N) is 1. The standard InChI is InChI=1S/C24H30N8O5S2/c1-15-20(23(34)32(15)39-35)28-22(33)21(19-14-38-24(26)27-19)29-37-11-10-36-18-6-4-16(5-7-18)17-12-30(2)31(13-17)9-3-8-25/h4-7,12-15,20H,3,8-11,25H2,1-2H3,(H3-,26,27,28,33,35)/p+1/b29-21-. The van der Waals surface area contributed by atoms with E-state index >= 15 is 0 Å². The Bertz CT molecular complexity index is 1330. The number of aromatic nitrogens is 3. The normalized spacial score (nSPS) is 17.2. The molecule has 2 atom stereocenters. The Labute approximate surface area is 233 Å². The van der Waals surface area contributed by atoms with Crippen molar-refractivity contribution in [2.24, 2.45) is 17.9 Å². The number of hydrogen-bond donors (Lipinski definition) is 4. The summed E-state index contributed by atoms with van der Waals surface area (Å²) < 4.78 is 20.2. The summed E-state index contributed by atoms with van der Waals surface area (Å²) in [6.45, 7) is 3.45. The fraction of sp³-hybridized carbons (Fsp3) is 0.375. The van der Waals surface area contributed by atoms with Gasteiger partial charge in [0.2, 0.25) is 6.20 Å². The molecule has 0 bridgehead atoms. The second kappa shape index (κ2) is 12.9. The highest BCUT2D eigenvalue weighted by Crippen LogP contribution is 2.26. The zero-order valence-corrected chi connectivity index (χ0v) is 23.2. The SMILES string of the molecule is CC1C(NC(=O)/C(=N\OCCOc2ccc(-c3cn(CCCN)[n+](C)c3)cc2)c2csc(N)n2)C(=O)N1SO. The van der Waals surface area contributed by atoms with Crippen LogP contribution in [-0.4, -0.2) is 67.9 Å². The van der Waals surface area contributed by atoms with Gasteiger partial charge in [-0.25, -0.2) is 4.98 Å². The van der Waals surface area contributed by atoms with Gasteiger partial charge in [-0.1, -0.05) is 17.3 Å². The molecule has 0 saturated carbocycles. The Morgan fingerprint density at radius 2 is 2.08 bits per heavy atom. The predicted molar refractivity (Wildman–Crippen MR) is 148 cm³/mol. The summed E-state index contributed by atoms with van der Waals surface area (Å²) in [4.78, 5) is 34.4. The van der Waals surface area contributed by atoms with Crippen LogP contribution in [0, 0.1) is 0 Å². The van der Waals surface area contributed by atoms with Crippen molar-refractivity contribution in [3.8, 4) is 16.9 Å². The topological polar surface area (TPSA) is 174 Å². The average Bonchev–Trinajstić information content (AvgIpc) is 3.53. The van der Waals surface area contributed by atoms with Crippen LogP contribution in [-0.2, 0) is 28.0 Å². The van der Waals surface area contributed by atoms with Crippen molar-refractivity contribution in [2.45, 2.75) is 32.0 Å². The number of hydrogen-bond acceptors (Lipinski definition) is 11. The summed E-state index contributed by atoms with van der Waals surface area (Å²) >= 11 is 1.46. The van der Waals surface area contributed by atoms with E-state index in [-0.39, 0.29) is 29.8 Å². The number of β-lactam (4-membered cyclic amide) rings is 1. The third-order valence-corrected chi connectivity index (χ3v) is 7.45. The van der Waals surface area contributed by atoms with Crippen molar-refractivity contribution >= 4 is 46.2 Å². The number of ether oxygens (including phenoxy) is 1. The van der Waals surface area contributed by atoms with Gasteiger partial charge in [0.15, 0.2) is 24.5 Å². The second-order valence-corrected chi connectivity index (χ2v) is 10.2. The highest BCUT2D eigenvalue weighted by molar-refractivity contribution is 7.92. The number of nitrogens with two attached hydrogens (primary N) is 2. The first-order chi connectivity index (χ1) is 18.8. The van der Waals surface area contributed by atoms with Crippen LogP contribution in [0.3, 0.4) is 0 Å². The van der Waals surface area contributed by atoms with Gasteiger partial charge in [0, 0.05) is 5.38 Å². The first kappa shape index (κ1) is 28.4. The number of oxime groups is 1. The van der Waals surface area contributed by atoms with Gasteiger partial charge in [0.25, 0.3) is 11.8 Å². The van der Waals surface area contributed by atoms with Crippen LogP contribution < -0.4 is 26.2 Å². The molecule has 6 N–H and O–H groups in total. The Morgan fingerprint density at radius 1 is 1.31 bits per heavy atom. The van der Waals surface area contributed by atoms with E-state index in [1.807, 2.05) is 36.0 Å². The highest BCUT2D eigenvalue weighted by atomic mass is 32.2. The molecule has 0 aliphatic carbocycles. The van der Waals surface area contributed by atoms with Crippen LogP contribution in [0.25, 0.3) is 11.1 Å². The molecule has 2 amide bonds. The van der Waals surface area contributed by atoms with Crippen LogP contribution in [0.5, 0.6) is 5.75 Å². The first-order valence-electron chi connectivity index (χ1n) is 12.2. The van der Waals surface area contributed by atoms with Crippen LogP contribution in [0.2, 0.25) is 0 Å². The summed E-state index contributed by atoms with van der Waals surface area (Å²) in [6, 6.07) is 6.51. The monoisotopic (exact) mass is 575 g/mol. The molecule has 1 aliphatic heterocycles. The van der Waals surface area contributed by atoms with Crippen LogP contribution in [0.15, 0.2) is 47.2 Å². The van der Waals surface area contributed by atoms with Crippen LogP contribution in [0.1, 0.15) is 19.0 Å². The number of benzene rings is 1. The van der Waals surface area contributed by atoms with E-state index in [0.717, 1.165) is 39.7 Å². The minimum Gasteiger partial charge on any atom is -0.490 e. The number of nitrogen functional groups attached to an aromatic ring is 1. The van der Waals surface area contributed by atoms with E-state index in [9.17, 15) is 9.59 Å². The molecule has 2 unspecified atom stereocenters. The van der Waals surface area contributed by atoms with Crippen molar-refractivity contribution in [3.63, 3.8) is 0 Å². The number of rotatable bonds is 13. The van der Waals surface area contributed by atoms with Crippen LogP contribution in [0.4, 0.5) is 5.13 Å². The summed E-state index contributed by atoms with van der Waals surface area (Å²) in [5, 5.41) is 8.38. The zero-order valence-electron chi connectivity index (χ0n) is 21.5. The molecule has 1 fully saturated rings. The van der Waals surface area contributed by atoms with Gasteiger partial charge in [0.1, 0.15) is 36.3 Å². The Balaban J connectivity index is 1.31. The minimum absolute atomic E-state index is 0.0612. The number of nitrogens with zero attached hydrogens (tertiary/aromatic N) is 5. The Kier molecular flexibility index (Phi) is 9.40. The molecule has 0 spiro atoms. The molecule has 13 nitrogen and oxygen atoms in total. The molecule has 1 aliphatic rings. The Hall–Kier alpha value is -3.66. The van der Waals surface area contributed by atoms with E-state index in [0.29, 0.717) is 24.5 Å². The van der Waals surface area contributed by atoms with E-state index in [4.69, 9.17) is 25.6 Å². The van der Waals surface area contributed by atoms with Gasteiger partial charge >= 0.3 is 0 Å². The lowest BCUT2D eigenvalue weighted by atomic mass is 10.0. The summed E-state index contributed by atoms with van der Waals surface area (Å²) in [5.41, 5.74) is 13.6. The van der Waals surface area contributed by atoms with Crippen LogP contribution >= 0.6 is 23.6 Å². The number of amides is 2. The molecule has 0 radical (unpaired) electrons. The largest absolute Gasteiger partial charge is 0.490 e. The molecule has 1 aromatic carbocycles. The molecule has 3 aromatic rings. The maximum Gasteiger partial charge on any atom is 0.276 e. The highest BCUT2D eigenvalue weighted by Gasteiger charge is 2.46. The third-order valence-electron chi connectivity index (χ3n) is 6.09. The van der Waals surface area contributed by atoms with Gasteiger partial charge in [0.05, 0.1) is 24.3 Å². The Morgan fingerprint density at radius 3 is 2.72 bits per heavy atom. The first-order valence-corrected chi connectivity index (χ1v) is 13.8. The lowest BCUT2D eigenvalue weighted by molar-refractivity contribution is -0.753. The molecular formula is C24H31N8O5S2+. The maximum atomic E-state index is 12.9. The molecule has 2 aromatic heterocycles. The minimum atomic E-state index is -0.795. The fourth-order valence-electron chi connectivity index (χ4n) is 3.94. The second-order valence-electron chi connectivity index (χ2n) is 8.75. The fourth-order valence-corrected chi connectivity index (χ4v) is 4.95. The molecule has 15 heteroatoms. The molecule has 39 heavy (non-hydrogen) atoms. The number of thiazole rings is 1. The predicted octanol–water partition coefficient (Wildman–Crippen LogP) is 1.00. The lowest BCUT2D eigenvalue weighted by Crippen LogP contribution is -2.67. The van der Waals surface area contributed by atoms with E-state index < -0.39 is 23.9 Å². The van der Waals surface area contributed by atoms with Gasteiger partial charge in [-0.3, -0.25) is 13.9 Å². The summed E-state index contributed by atoms with van der Waals surface area (Å²) in [5.74, 6) is -0.402. The van der Waals surface area contributed by atoms with Crippen molar-refractivity contribution < 1.29 is 28.4 Å². The zero-order chi connectivity index (χ0) is 27.9. The molecule has 208 valence electrons. The third kappa shape index (κ3) is 6.68. The lowest BCUT2D eigenvalue weighted by Gasteiger charge is -2.42. The number of aryl methyl sites for hydroxylation is 2. The molecular weight excluding hydrogens is 544 g/mol. The van der Waals surface area contributed by atoms with E-state index in [1.165, 1.54) is 0 Å². The van der Waals surface area contributed by atoms with Gasteiger partial charge in [-0.15, -0.1) is 16.0 Å². The smallest absolute Gasteiger partial charge is 0.276 e. The maximum absolute atomic E-state index is 12.9. The van der Waals surface area contributed by atoms with Crippen molar-refractivity contribution in [1.82, 2.24) is 19.3 Å². The number of carbonyl (C=O) groups is 2. The van der Waals surface area contributed by atoms with Crippen molar-refractivity contribution in [1.29, 1.82) is 0 Å². The summed E-state index contributed by atoms with van der Waals surface area (Å²) in [7, 11) is 2.00. The summed E-state index contributed by atoms with van der Waals surface area (Å²) in [6.07, 6.45) is 5.06.